The topological polar surface area (TPSA) is 79.5 Å². The van der Waals surface area contributed by atoms with Gasteiger partial charge < -0.3 is 14.6 Å². The van der Waals surface area contributed by atoms with E-state index in [1.807, 2.05) is 6.07 Å². The minimum atomic E-state index is -1.60. The van der Waals surface area contributed by atoms with Gasteiger partial charge in [0, 0.05) is 6.07 Å². The predicted molar refractivity (Wildman–Crippen MR) is 59.6 cm³/mol. The smallest absolute Gasteiger partial charge is 0.343 e. The summed E-state index contributed by atoms with van der Waals surface area (Å²) in [5, 5.41) is 18.2. The van der Waals surface area contributed by atoms with Crippen LogP contribution in [-0.4, -0.2) is 23.8 Å². The van der Waals surface area contributed by atoms with Crippen molar-refractivity contribution >= 4 is 5.97 Å². The zero-order chi connectivity index (χ0) is 13.1. The Hall–Kier alpha value is -2.06. The minimum Gasteiger partial charge on any atom is -0.493 e. The third-order valence-corrected chi connectivity index (χ3v) is 1.99. The maximum absolute atomic E-state index is 11.5. The average Bonchev–Trinajstić information content (AvgIpc) is 2.27. The van der Waals surface area contributed by atoms with Crippen LogP contribution in [0.4, 0.5) is 0 Å². The van der Waals surface area contributed by atoms with Crippen LogP contribution in [0, 0.1) is 11.3 Å². The molecule has 0 bridgehead atoms. The molecule has 0 aliphatic heterocycles. The lowest BCUT2D eigenvalue weighted by molar-refractivity contribution is -0.151. The number of aliphatic hydroxyl groups is 1. The van der Waals surface area contributed by atoms with Gasteiger partial charge in [0.15, 0.2) is 17.1 Å². The molecule has 0 radical (unpaired) electrons. The van der Waals surface area contributed by atoms with E-state index in [1.165, 1.54) is 33.1 Å². The second-order valence-corrected chi connectivity index (χ2v) is 3.93. The molecule has 0 aromatic heterocycles. The van der Waals surface area contributed by atoms with Crippen molar-refractivity contribution in [2.75, 3.05) is 7.11 Å². The highest BCUT2D eigenvalue weighted by molar-refractivity contribution is 5.81. The Balaban J connectivity index is 3.05. The van der Waals surface area contributed by atoms with E-state index in [9.17, 15) is 9.90 Å². The zero-order valence-electron chi connectivity index (χ0n) is 9.85. The van der Waals surface area contributed by atoms with Gasteiger partial charge in [0.25, 0.3) is 0 Å². The van der Waals surface area contributed by atoms with Gasteiger partial charge in [0.2, 0.25) is 0 Å². The van der Waals surface area contributed by atoms with Crippen molar-refractivity contribution in [3.63, 3.8) is 0 Å². The van der Waals surface area contributed by atoms with Gasteiger partial charge in [-0.15, -0.1) is 0 Å². The summed E-state index contributed by atoms with van der Waals surface area (Å²) in [6.07, 6.45) is 0. The number of methoxy groups -OCH3 is 1. The van der Waals surface area contributed by atoms with Crippen LogP contribution in [0.2, 0.25) is 0 Å². The molecule has 0 unspecified atom stereocenters. The first-order valence-corrected chi connectivity index (χ1v) is 4.91. The molecule has 0 spiro atoms. The number of benzene rings is 1. The molecule has 5 heteroatoms. The summed E-state index contributed by atoms with van der Waals surface area (Å²) >= 11 is 0. The molecule has 0 aliphatic rings. The summed E-state index contributed by atoms with van der Waals surface area (Å²) in [6.45, 7) is 2.63. The average molecular weight is 235 g/mol. The number of hydrogen-bond donors (Lipinski definition) is 1. The summed E-state index contributed by atoms with van der Waals surface area (Å²) in [5.74, 6) is -0.383. The summed E-state index contributed by atoms with van der Waals surface area (Å²) in [4.78, 5) is 11.5. The third kappa shape index (κ3) is 3.20. The molecule has 5 nitrogen and oxygen atoms in total. The van der Waals surface area contributed by atoms with E-state index >= 15 is 0 Å². The quantitative estimate of drug-likeness (QED) is 0.629. The van der Waals surface area contributed by atoms with E-state index in [4.69, 9.17) is 14.7 Å². The molecule has 1 aromatic carbocycles. The molecule has 0 amide bonds. The molecule has 1 rings (SSSR count). The molecule has 0 saturated carbocycles. The first-order valence-electron chi connectivity index (χ1n) is 4.91. The molecule has 0 fully saturated rings. The molecule has 0 saturated heterocycles. The fourth-order valence-corrected chi connectivity index (χ4v) is 1.05. The van der Waals surface area contributed by atoms with Crippen LogP contribution >= 0.6 is 0 Å². The lowest BCUT2D eigenvalue weighted by atomic mass is 10.1. The normalized spacial score (nSPS) is 10.5. The van der Waals surface area contributed by atoms with Crippen LogP contribution in [0.3, 0.4) is 0 Å². The molecule has 0 atom stereocenters. The second-order valence-electron chi connectivity index (χ2n) is 3.93. The van der Waals surface area contributed by atoms with Crippen LogP contribution in [0.25, 0.3) is 0 Å². The van der Waals surface area contributed by atoms with Gasteiger partial charge in [-0.3, -0.25) is 0 Å². The van der Waals surface area contributed by atoms with Gasteiger partial charge in [0.1, 0.15) is 0 Å². The first-order chi connectivity index (χ1) is 7.88. The van der Waals surface area contributed by atoms with E-state index < -0.39 is 11.6 Å². The van der Waals surface area contributed by atoms with Crippen molar-refractivity contribution in [1.29, 1.82) is 5.26 Å². The van der Waals surface area contributed by atoms with Gasteiger partial charge in [-0.25, -0.2) is 4.79 Å². The highest BCUT2D eigenvalue weighted by Crippen LogP contribution is 2.28. The van der Waals surface area contributed by atoms with E-state index in [0.29, 0.717) is 11.3 Å². The van der Waals surface area contributed by atoms with Crippen LogP contribution in [0.15, 0.2) is 18.2 Å². The van der Waals surface area contributed by atoms with Crippen molar-refractivity contribution in [3.8, 4) is 17.6 Å². The van der Waals surface area contributed by atoms with Crippen LogP contribution in [0.5, 0.6) is 11.5 Å². The van der Waals surface area contributed by atoms with Crippen molar-refractivity contribution in [2.24, 2.45) is 0 Å². The molecular weight excluding hydrogens is 222 g/mol. The van der Waals surface area contributed by atoms with Crippen LogP contribution in [0.1, 0.15) is 19.4 Å². The highest BCUT2D eigenvalue weighted by atomic mass is 16.6. The van der Waals surface area contributed by atoms with E-state index in [2.05, 4.69) is 0 Å². The van der Waals surface area contributed by atoms with Gasteiger partial charge in [0.05, 0.1) is 18.7 Å². The predicted octanol–water partition coefficient (Wildman–Crippen LogP) is 1.24. The zero-order valence-corrected chi connectivity index (χ0v) is 9.85. The van der Waals surface area contributed by atoms with E-state index in [0.717, 1.165) is 0 Å². The number of nitrogens with zero attached hydrogens (tertiary/aromatic N) is 1. The van der Waals surface area contributed by atoms with Crippen LogP contribution < -0.4 is 9.47 Å². The number of hydrogen-bond acceptors (Lipinski definition) is 5. The Bertz CT molecular complexity index is 468. The molecular formula is C12H13NO4. The first kappa shape index (κ1) is 13.0. The Kier molecular flexibility index (Phi) is 3.71. The number of esters is 1. The largest absolute Gasteiger partial charge is 0.493 e. The fourth-order valence-electron chi connectivity index (χ4n) is 1.05. The minimum absolute atomic E-state index is 0.110. The third-order valence-electron chi connectivity index (χ3n) is 1.99. The Morgan fingerprint density at radius 2 is 2.06 bits per heavy atom. The van der Waals surface area contributed by atoms with Crippen molar-refractivity contribution in [2.45, 2.75) is 19.4 Å². The lowest BCUT2D eigenvalue weighted by Gasteiger charge is -2.16. The lowest BCUT2D eigenvalue weighted by Crippen LogP contribution is -2.35. The van der Waals surface area contributed by atoms with Crippen molar-refractivity contribution in [3.05, 3.63) is 23.8 Å². The summed E-state index contributed by atoms with van der Waals surface area (Å²) in [5.41, 5.74) is -1.27. The van der Waals surface area contributed by atoms with Crippen LogP contribution in [-0.2, 0) is 4.79 Å². The van der Waals surface area contributed by atoms with Crippen molar-refractivity contribution in [1.82, 2.24) is 0 Å². The molecule has 17 heavy (non-hydrogen) atoms. The summed E-state index contributed by atoms with van der Waals surface area (Å²) in [6, 6.07) is 6.36. The van der Waals surface area contributed by atoms with Crippen molar-refractivity contribution < 1.29 is 19.4 Å². The van der Waals surface area contributed by atoms with Gasteiger partial charge in [-0.1, -0.05) is 0 Å². The molecule has 90 valence electrons. The maximum atomic E-state index is 11.5. The van der Waals surface area contributed by atoms with Gasteiger partial charge >= 0.3 is 5.97 Å². The number of carbonyl (C=O) groups excluding carboxylic acids is 1. The van der Waals surface area contributed by atoms with E-state index in [1.54, 1.807) is 6.07 Å². The van der Waals surface area contributed by atoms with Gasteiger partial charge in [-0.2, -0.15) is 5.26 Å². The van der Waals surface area contributed by atoms with E-state index in [-0.39, 0.29) is 5.75 Å². The number of rotatable bonds is 3. The molecule has 1 aromatic rings. The second kappa shape index (κ2) is 4.85. The summed E-state index contributed by atoms with van der Waals surface area (Å²) in [7, 11) is 1.42. The van der Waals surface area contributed by atoms with Gasteiger partial charge in [-0.05, 0) is 26.0 Å². The Labute approximate surface area is 99.2 Å². The molecule has 0 aliphatic carbocycles. The maximum Gasteiger partial charge on any atom is 0.343 e. The molecule has 1 N–H and O–H groups in total. The number of carbonyl (C=O) groups is 1. The fraction of sp³-hybridized carbons (Fsp3) is 0.333. The monoisotopic (exact) mass is 235 g/mol. The number of nitriles is 1. The SMILES string of the molecule is COc1ccc(C#N)cc1OC(=O)C(C)(C)O. The number of ether oxygens (including phenoxy) is 2. The standard InChI is InChI=1S/C12H13NO4/c1-12(2,15)11(14)17-10-6-8(7-13)4-5-9(10)16-3/h4-6,15H,1-3H3. The Morgan fingerprint density at radius 1 is 1.41 bits per heavy atom. The summed E-state index contributed by atoms with van der Waals surface area (Å²) < 4.78 is 9.97. The Morgan fingerprint density at radius 3 is 2.53 bits per heavy atom. The molecule has 0 heterocycles. The highest BCUT2D eigenvalue weighted by Gasteiger charge is 2.27.